The number of aromatic nitrogens is 1. The zero-order chi connectivity index (χ0) is 16.4. The van der Waals surface area contributed by atoms with Gasteiger partial charge in [0.15, 0.2) is 4.80 Å². The number of halogens is 2. The Kier molecular flexibility index (Phi) is 4.66. The third-order valence-electron chi connectivity index (χ3n) is 3.26. The Morgan fingerprint density at radius 3 is 2.65 bits per heavy atom. The van der Waals surface area contributed by atoms with Crippen molar-refractivity contribution < 1.29 is 4.79 Å². The van der Waals surface area contributed by atoms with Gasteiger partial charge in [-0.1, -0.05) is 58.8 Å². The third kappa shape index (κ3) is 3.11. The van der Waals surface area contributed by atoms with Gasteiger partial charge in [-0.05, 0) is 24.3 Å². The van der Waals surface area contributed by atoms with Crippen molar-refractivity contribution in [2.24, 2.45) is 4.99 Å². The van der Waals surface area contributed by atoms with Crippen LogP contribution in [0.2, 0.25) is 10.0 Å². The second-order valence-corrected chi connectivity index (χ2v) is 6.59. The van der Waals surface area contributed by atoms with Crippen molar-refractivity contribution in [2.45, 2.75) is 6.54 Å². The summed E-state index contributed by atoms with van der Waals surface area (Å²) in [5, 5.41) is 1.00. The van der Waals surface area contributed by atoms with Gasteiger partial charge in [0.2, 0.25) is 0 Å². The maximum atomic E-state index is 12.4. The molecule has 0 saturated carbocycles. The Hall–Kier alpha value is -1.88. The molecule has 0 unspecified atom stereocenters. The highest BCUT2D eigenvalue weighted by Gasteiger charge is 2.12. The van der Waals surface area contributed by atoms with Gasteiger partial charge in [0.25, 0.3) is 5.91 Å². The molecule has 0 radical (unpaired) electrons. The van der Waals surface area contributed by atoms with Gasteiger partial charge in [-0.25, -0.2) is 0 Å². The molecule has 0 atom stereocenters. The summed E-state index contributed by atoms with van der Waals surface area (Å²) >= 11 is 13.8. The zero-order valence-corrected chi connectivity index (χ0v) is 14.3. The van der Waals surface area contributed by atoms with E-state index in [4.69, 9.17) is 23.2 Å². The smallest absolute Gasteiger partial charge is 0.281 e. The minimum Gasteiger partial charge on any atom is -0.311 e. The Morgan fingerprint density at radius 2 is 1.91 bits per heavy atom. The van der Waals surface area contributed by atoms with Crippen LogP contribution in [0.3, 0.4) is 0 Å². The van der Waals surface area contributed by atoms with E-state index >= 15 is 0 Å². The normalized spacial score (nSPS) is 11.8. The molecular weight excluding hydrogens is 351 g/mol. The molecule has 1 aromatic heterocycles. The molecule has 1 amide bonds. The van der Waals surface area contributed by atoms with E-state index in [-0.39, 0.29) is 5.91 Å². The average molecular weight is 363 g/mol. The lowest BCUT2D eigenvalue weighted by Crippen LogP contribution is -2.16. The van der Waals surface area contributed by atoms with Crippen molar-refractivity contribution in [3.05, 3.63) is 75.5 Å². The molecule has 0 aliphatic heterocycles. The van der Waals surface area contributed by atoms with Gasteiger partial charge < -0.3 is 4.57 Å². The number of hydrogen-bond acceptors (Lipinski definition) is 2. The molecule has 0 aliphatic rings. The monoisotopic (exact) mass is 362 g/mol. The van der Waals surface area contributed by atoms with Crippen LogP contribution >= 0.6 is 34.5 Å². The van der Waals surface area contributed by atoms with Crippen molar-refractivity contribution >= 4 is 50.7 Å². The van der Waals surface area contributed by atoms with Gasteiger partial charge >= 0.3 is 0 Å². The van der Waals surface area contributed by atoms with Crippen LogP contribution in [0.15, 0.2) is 60.1 Å². The molecule has 116 valence electrons. The summed E-state index contributed by atoms with van der Waals surface area (Å²) in [7, 11) is 0. The second kappa shape index (κ2) is 6.71. The molecule has 3 rings (SSSR count). The van der Waals surface area contributed by atoms with Crippen LogP contribution < -0.4 is 4.80 Å². The lowest BCUT2D eigenvalue weighted by atomic mass is 10.2. The fraction of sp³-hybridized carbons (Fsp3) is 0.0588. The maximum absolute atomic E-state index is 12.4. The van der Waals surface area contributed by atoms with Gasteiger partial charge in [-0.15, -0.1) is 6.58 Å². The lowest BCUT2D eigenvalue weighted by molar-refractivity contribution is 0.0998. The van der Waals surface area contributed by atoms with Crippen molar-refractivity contribution in [1.82, 2.24) is 4.57 Å². The average Bonchev–Trinajstić information content (AvgIpc) is 2.87. The van der Waals surface area contributed by atoms with Crippen molar-refractivity contribution in [1.29, 1.82) is 0 Å². The minimum atomic E-state index is -0.379. The first-order valence-electron chi connectivity index (χ1n) is 6.84. The molecule has 23 heavy (non-hydrogen) atoms. The molecule has 0 spiro atoms. The highest BCUT2D eigenvalue weighted by molar-refractivity contribution is 7.16. The van der Waals surface area contributed by atoms with E-state index in [2.05, 4.69) is 11.6 Å². The van der Waals surface area contributed by atoms with E-state index < -0.39 is 0 Å². The van der Waals surface area contributed by atoms with Gasteiger partial charge in [-0.3, -0.25) is 4.79 Å². The van der Waals surface area contributed by atoms with Crippen molar-refractivity contribution in [3.8, 4) is 0 Å². The SMILES string of the molecule is C=CCn1c(=NC(=O)c2ccccc2Cl)sc2cccc(Cl)c21. The number of benzene rings is 2. The second-order valence-electron chi connectivity index (χ2n) is 4.77. The van der Waals surface area contributed by atoms with Gasteiger partial charge in [0.1, 0.15) is 0 Å². The van der Waals surface area contributed by atoms with E-state index in [0.29, 0.717) is 27.0 Å². The first kappa shape index (κ1) is 16.0. The van der Waals surface area contributed by atoms with Crippen molar-refractivity contribution in [2.75, 3.05) is 0 Å². The number of nitrogens with zero attached hydrogens (tertiary/aromatic N) is 2. The van der Waals surface area contributed by atoms with Crippen LogP contribution in [0.4, 0.5) is 0 Å². The Bertz CT molecular complexity index is 972. The van der Waals surface area contributed by atoms with E-state index in [1.165, 1.54) is 11.3 Å². The molecule has 0 bridgehead atoms. The number of carbonyl (C=O) groups excluding carboxylic acids is 1. The number of amides is 1. The summed E-state index contributed by atoms with van der Waals surface area (Å²) in [5.41, 5.74) is 1.23. The van der Waals surface area contributed by atoms with E-state index in [1.807, 2.05) is 22.8 Å². The highest BCUT2D eigenvalue weighted by Crippen LogP contribution is 2.25. The zero-order valence-electron chi connectivity index (χ0n) is 12.0. The largest absolute Gasteiger partial charge is 0.311 e. The van der Waals surface area contributed by atoms with E-state index in [1.54, 1.807) is 30.3 Å². The number of hydrogen-bond donors (Lipinski definition) is 0. The van der Waals surface area contributed by atoms with E-state index in [9.17, 15) is 4.79 Å². The maximum Gasteiger partial charge on any atom is 0.281 e. The first-order valence-corrected chi connectivity index (χ1v) is 8.41. The summed E-state index contributed by atoms with van der Waals surface area (Å²) in [6.07, 6.45) is 1.74. The van der Waals surface area contributed by atoms with Gasteiger partial charge in [0.05, 0.1) is 25.8 Å². The number of para-hydroxylation sites is 1. The molecule has 1 heterocycles. The molecule has 3 aromatic rings. The number of fused-ring (bicyclic) bond motifs is 1. The quantitative estimate of drug-likeness (QED) is 0.607. The number of allylic oxidation sites excluding steroid dienone is 1. The van der Waals surface area contributed by atoms with Crippen LogP contribution in [0.25, 0.3) is 10.2 Å². The Labute approximate surface area is 147 Å². The number of thiazole rings is 1. The van der Waals surface area contributed by atoms with Crippen LogP contribution in [-0.4, -0.2) is 10.5 Å². The molecule has 2 aromatic carbocycles. The van der Waals surface area contributed by atoms with Crippen LogP contribution in [0.5, 0.6) is 0 Å². The van der Waals surface area contributed by atoms with Gasteiger partial charge in [-0.2, -0.15) is 4.99 Å². The summed E-state index contributed by atoms with van der Waals surface area (Å²) in [4.78, 5) is 17.2. The molecule has 0 fully saturated rings. The van der Waals surface area contributed by atoms with Crippen LogP contribution in [0.1, 0.15) is 10.4 Å². The number of carbonyl (C=O) groups is 1. The molecule has 0 aliphatic carbocycles. The molecule has 6 heteroatoms. The fourth-order valence-electron chi connectivity index (χ4n) is 2.25. The Morgan fingerprint density at radius 1 is 1.17 bits per heavy atom. The standard InChI is InChI=1S/C17H12Cl2N2OS/c1-2-10-21-15-13(19)8-5-9-14(15)23-17(21)20-16(22)11-6-3-4-7-12(11)18/h2-9H,1,10H2. The predicted molar refractivity (Wildman–Crippen MR) is 96.4 cm³/mol. The summed E-state index contributed by atoms with van der Waals surface area (Å²) < 4.78 is 2.84. The van der Waals surface area contributed by atoms with Crippen molar-refractivity contribution in [3.63, 3.8) is 0 Å². The van der Waals surface area contributed by atoms with Gasteiger partial charge in [0, 0.05) is 6.54 Å². The van der Waals surface area contributed by atoms with Crippen LogP contribution in [-0.2, 0) is 6.54 Å². The van der Waals surface area contributed by atoms with E-state index in [0.717, 1.165) is 10.2 Å². The summed E-state index contributed by atoms with van der Waals surface area (Å²) in [6.45, 7) is 4.27. The topological polar surface area (TPSA) is 34.4 Å². The lowest BCUT2D eigenvalue weighted by Gasteiger charge is -2.02. The minimum absolute atomic E-state index is 0.378. The summed E-state index contributed by atoms with van der Waals surface area (Å²) in [5.74, 6) is -0.379. The molecular formula is C17H12Cl2N2OS. The molecule has 3 nitrogen and oxygen atoms in total. The number of rotatable bonds is 3. The highest BCUT2D eigenvalue weighted by atomic mass is 35.5. The Balaban J connectivity index is 2.21. The third-order valence-corrected chi connectivity index (χ3v) is 4.94. The summed E-state index contributed by atoms with van der Waals surface area (Å²) in [6, 6.07) is 12.5. The predicted octanol–water partition coefficient (Wildman–Crippen LogP) is 4.94. The molecule has 0 N–H and O–H groups in total. The van der Waals surface area contributed by atoms with Crippen LogP contribution in [0, 0.1) is 0 Å². The first-order chi connectivity index (χ1) is 11.1. The fourth-order valence-corrected chi connectivity index (χ4v) is 3.87. The molecule has 0 saturated heterocycles.